The summed E-state index contributed by atoms with van der Waals surface area (Å²) in [4.78, 5) is 26.0. The predicted molar refractivity (Wildman–Crippen MR) is 246 cm³/mol. The van der Waals surface area contributed by atoms with Crippen molar-refractivity contribution >= 4 is 11.9 Å². The van der Waals surface area contributed by atoms with E-state index >= 15 is 0 Å². The number of ether oxygens (including phenoxy) is 6. The van der Waals surface area contributed by atoms with E-state index in [4.69, 9.17) is 28.4 Å². The maximum Gasteiger partial charge on any atom is 0.338 e. The van der Waals surface area contributed by atoms with Crippen molar-refractivity contribution in [2.45, 2.75) is 77.2 Å². The molecule has 2 aliphatic rings. The molecule has 0 fully saturated rings. The van der Waals surface area contributed by atoms with Gasteiger partial charge in [0, 0.05) is 59.4 Å². The average Bonchev–Trinajstić information content (AvgIpc) is 3.29. The van der Waals surface area contributed by atoms with Crippen LogP contribution in [0.2, 0.25) is 0 Å². The van der Waals surface area contributed by atoms with Crippen LogP contribution in [-0.2, 0) is 22.3 Å². The fraction of sp³-hybridized carbons (Fsp3) is 0.240. The predicted octanol–water partition coefficient (Wildman–Crippen LogP) is 6.63. The molecule has 0 spiro atoms. The minimum atomic E-state index is -1.16. The molecule has 0 bridgehead atoms. The molecule has 6 aromatic carbocycles. The van der Waals surface area contributed by atoms with E-state index in [-0.39, 0.29) is 104 Å². The van der Waals surface area contributed by atoms with Gasteiger partial charge in [0.15, 0.2) is 69.7 Å². The molecule has 380 valence electrons. The molecule has 22 nitrogen and oxygen atoms in total. The summed E-state index contributed by atoms with van der Waals surface area (Å²) >= 11 is 0. The van der Waals surface area contributed by atoms with Crippen molar-refractivity contribution in [1.29, 1.82) is 0 Å². The summed E-state index contributed by atoms with van der Waals surface area (Å²) < 4.78 is 33.8. The van der Waals surface area contributed by atoms with Gasteiger partial charge in [0.1, 0.15) is 46.7 Å². The van der Waals surface area contributed by atoms with Crippen molar-refractivity contribution in [1.82, 2.24) is 0 Å². The van der Waals surface area contributed by atoms with Crippen molar-refractivity contribution in [2.24, 2.45) is 0 Å². The maximum absolute atomic E-state index is 13.1. The Bertz CT molecular complexity index is 3000. The zero-order valence-electron chi connectivity index (χ0n) is 38.3. The zero-order chi connectivity index (χ0) is 52.6. The number of carbonyl (C=O) groups excluding carboxylic acids is 2. The first-order valence-electron chi connectivity index (χ1n) is 21.7. The van der Waals surface area contributed by atoms with Crippen molar-refractivity contribution in [3.05, 3.63) is 106 Å². The van der Waals surface area contributed by atoms with Crippen molar-refractivity contribution < 1.29 is 110 Å². The summed E-state index contributed by atoms with van der Waals surface area (Å²) in [6, 6.07) is 13.4. The van der Waals surface area contributed by atoms with Crippen molar-refractivity contribution in [3.8, 4) is 103 Å². The van der Waals surface area contributed by atoms with Crippen molar-refractivity contribution in [3.63, 3.8) is 0 Å². The van der Waals surface area contributed by atoms with Crippen LogP contribution in [0.5, 0.6) is 103 Å². The van der Waals surface area contributed by atoms with Gasteiger partial charge in [0.2, 0.25) is 11.5 Å². The fourth-order valence-electron chi connectivity index (χ4n) is 7.79. The second kappa shape index (κ2) is 19.9. The van der Waals surface area contributed by atoms with E-state index in [0.29, 0.717) is 0 Å². The molecule has 0 aliphatic carbocycles. The van der Waals surface area contributed by atoms with Crippen LogP contribution < -0.4 is 18.9 Å². The van der Waals surface area contributed by atoms with E-state index in [1.54, 1.807) is 27.7 Å². The SMILES string of the molecule is CC(C)Oc1c(O)cc(C(=O)O[C@H]2Cc3c(O)cc(O)cc3O[C@@H]2c2cc(O)c(O)c(O)c2)cc1O.CC(C)Oc1cc(C(=O)O[C@H]2Cc3c(O)cc(O)cc3O[C@@H]2c2cc(O)c(O)c(O)c2)cc(O)c1O. The Balaban J connectivity index is 0.000000211. The maximum atomic E-state index is 13.1. The smallest absolute Gasteiger partial charge is 0.338 e. The normalized spacial score (nSPS) is 16.8. The molecule has 6 aromatic rings. The molecule has 14 N–H and O–H groups in total. The number of hydrogen-bond acceptors (Lipinski definition) is 22. The van der Waals surface area contributed by atoms with E-state index < -0.39 is 93.8 Å². The number of esters is 2. The lowest BCUT2D eigenvalue weighted by Gasteiger charge is -2.34. The average molecular weight is 1000 g/mol. The minimum absolute atomic E-state index is 0.0716. The van der Waals surface area contributed by atoms with Gasteiger partial charge in [0.25, 0.3) is 0 Å². The second-order valence-electron chi connectivity index (χ2n) is 17.1. The lowest BCUT2D eigenvalue weighted by molar-refractivity contribution is -0.0193. The van der Waals surface area contributed by atoms with Gasteiger partial charge in [-0.1, -0.05) is 0 Å². The quantitative estimate of drug-likeness (QED) is 0.0505. The summed E-state index contributed by atoms with van der Waals surface area (Å²) in [5.41, 5.74) is 0.313. The van der Waals surface area contributed by atoms with E-state index in [2.05, 4.69) is 0 Å². The van der Waals surface area contributed by atoms with Crippen LogP contribution in [0.3, 0.4) is 0 Å². The molecule has 0 unspecified atom stereocenters. The Labute approximate surface area is 407 Å². The molecule has 0 saturated heterocycles. The van der Waals surface area contributed by atoms with Crippen LogP contribution in [0.4, 0.5) is 0 Å². The van der Waals surface area contributed by atoms with E-state index in [9.17, 15) is 81.1 Å². The lowest BCUT2D eigenvalue weighted by atomic mass is 9.93. The third-order valence-corrected chi connectivity index (χ3v) is 11.0. The number of phenols is 14. The fourth-order valence-corrected chi connectivity index (χ4v) is 7.79. The third kappa shape index (κ3) is 10.6. The van der Waals surface area contributed by atoms with Gasteiger partial charge in [-0.25, -0.2) is 9.59 Å². The monoisotopic (exact) mass is 1000 g/mol. The van der Waals surface area contributed by atoms with Crippen LogP contribution in [0.15, 0.2) is 72.8 Å². The van der Waals surface area contributed by atoms with Gasteiger partial charge >= 0.3 is 11.9 Å². The highest BCUT2D eigenvalue weighted by atomic mass is 16.6. The van der Waals surface area contributed by atoms with E-state index in [0.717, 1.165) is 54.6 Å². The molecule has 0 saturated carbocycles. The molecule has 2 aliphatic heterocycles. The topological polar surface area (TPSA) is 373 Å². The first-order chi connectivity index (χ1) is 33.9. The van der Waals surface area contributed by atoms with Gasteiger partial charge in [-0.05, 0) is 76.2 Å². The Morgan fingerprint density at radius 2 is 0.806 bits per heavy atom. The summed E-state index contributed by atoms with van der Waals surface area (Å²) in [5, 5.41) is 140. The van der Waals surface area contributed by atoms with Crippen LogP contribution in [0, 0.1) is 0 Å². The molecule has 0 amide bonds. The summed E-state index contributed by atoms with van der Waals surface area (Å²) in [7, 11) is 0. The molecular weight excluding hydrogens is 953 g/mol. The Morgan fingerprint density at radius 1 is 0.444 bits per heavy atom. The molecular formula is C50H48O22. The zero-order valence-corrected chi connectivity index (χ0v) is 38.3. The van der Waals surface area contributed by atoms with Crippen LogP contribution >= 0.6 is 0 Å². The highest BCUT2D eigenvalue weighted by Gasteiger charge is 2.39. The third-order valence-electron chi connectivity index (χ3n) is 11.0. The lowest BCUT2D eigenvalue weighted by Crippen LogP contribution is -2.34. The Kier molecular flexibility index (Phi) is 14.0. The minimum Gasteiger partial charge on any atom is -0.508 e. The summed E-state index contributed by atoms with van der Waals surface area (Å²) in [5.74, 6) is -9.54. The van der Waals surface area contributed by atoms with Gasteiger partial charge < -0.3 is 99.9 Å². The molecule has 22 heteroatoms. The Morgan fingerprint density at radius 3 is 1.19 bits per heavy atom. The molecule has 4 atom stereocenters. The van der Waals surface area contributed by atoms with Crippen LogP contribution in [0.25, 0.3) is 0 Å². The highest BCUT2D eigenvalue weighted by molar-refractivity contribution is 5.92. The number of carbonyl (C=O) groups is 2. The van der Waals surface area contributed by atoms with Gasteiger partial charge in [0.05, 0.1) is 23.3 Å². The highest BCUT2D eigenvalue weighted by Crippen LogP contribution is 2.48. The second-order valence-corrected chi connectivity index (χ2v) is 17.1. The van der Waals surface area contributed by atoms with Gasteiger partial charge in [-0.15, -0.1) is 0 Å². The molecule has 2 heterocycles. The molecule has 72 heavy (non-hydrogen) atoms. The number of phenolic OH excluding ortho intramolecular Hbond substituents is 14. The molecule has 0 aromatic heterocycles. The van der Waals surface area contributed by atoms with E-state index in [1.807, 2.05) is 0 Å². The number of benzene rings is 6. The largest absolute Gasteiger partial charge is 0.508 e. The van der Waals surface area contributed by atoms with E-state index in [1.165, 1.54) is 18.2 Å². The van der Waals surface area contributed by atoms with Crippen molar-refractivity contribution in [2.75, 3.05) is 0 Å². The number of fused-ring (bicyclic) bond motifs is 2. The number of rotatable bonds is 10. The molecule has 0 radical (unpaired) electrons. The van der Waals surface area contributed by atoms with Gasteiger partial charge in [-0.3, -0.25) is 0 Å². The van der Waals surface area contributed by atoms with Crippen LogP contribution in [-0.4, -0.2) is 108 Å². The summed E-state index contributed by atoms with van der Waals surface area (Å²) in [6.07, 6.45) is -5.54. The summed E-state index contributed by atoms with van der Waals surface area (Å²) in [6.45, 7) is 6.76. The number of hydrogen-bond donors (Lipinski definition) is 14. The first kappa shape index (κ1) is 50.5. The number of aromatic hydroxyl groups is 14. The first-order valence-corrected chi connectivity index (χ1v) is 21.7. The Hall–Kier alpha value is -9.34. The van der Waals surface area contributed by atoms with Crippen LogP contribution in [0.1, 0.15) is 82.9 Å². The van der Waals surface area contributed by atoms with Gasteiger partial charge in [-0.2, -0.15) is 0 Å². The molecule has 8 rings (SSSR count). The standard InChI is InChI=1S/2C25H24O11/c1-10(2)34-20-6-12(5-18(30)23(20)32)25(33)36-21-9-14-15(27)7-13(26)8-19(14)35-24(21)11-3-16(28)22(31)17(29)4-11;1-10(2)34-24-18(30)5-12(6-19(24)31)25(33)36-21-9-14-15(27)7-13(26)8-20(14)35-23(21)11-3-16(28)22(32)17(29)4-11/h3-8,10,21,24,26-32H,9H2,1-2H3;3-8,10,21,23,26-32H,9H2,1-2H3/t21-,24+;21-,23+/m00/s1.